The van der Waals surface area contributed by atoms with Crippen molar-refractivity contribution in [1.82, 2.24) is 0 Å². The summed E-state index contributed by atoms with van der Waals surface area (Å²) in [5.41, 5.74) is 1.98. The number of hydrogen-bond acceptors (Lipinski definition) is 4. The minimum Gasteiger partial charge on any atom is -0.491 e. The third-order valence-corrected chi connectivity index (χ3v) is 4.51. The number of carboxylic acids is 1. The molecule has 0 spiro atoms. The molecule has 5 heteroatoms. The van der Waals surface area contributed by atoms with Crippen LogP contribution in [0.4, 0.5) is 0 Å². The summed E-state index contributed by atoms with van der Waals surface area (Å²) in [4.78, 5) is 11.2. The van der Waals surface area contributed by atoms with Gasteiger partial charge in [0.05, 0.1) is 11.7 Å². The molecule has 1 aliphatic rings. The van der Waals surface area contributed by atoms with E-state index in [1.807, 2.05) is 29.6 Å². The Balaban J connectivity index is 1.64. The van der Waals surface area contributed by atoms with E-state index in [2.05, 4.69) is 0 Å². The molecule has 2 heterocycles. The molecule has 4 nitrogen and oxygen atoms in total. The first-order valence-electron chi connectivity index (χ1n) is 7.38. The molecule has 116 valence electrons. The molecule has 1 N–H and O–H groups in total. The van der Waals surface area contributed by atoms with Crippen LogP contribution in [0, 0.1) is 0 Å². The summed E-state index contributed by atoms with van der Waals surface area (Å²) in [6.07, 6.45) is 3.57. The number of benzene rings is 1. The van der Waals surface area contributed by atoms with Gasteiger partial charge in [-0.05, 0) is 42.3 Å². The van der Waals surface area contributed by atoms with Crippen LogP contribution in [0.3, 0.4) is 0 Å². The lowest BCUT2D eigenvalue weighted by Crippen LogP contribution is -2.25. The van der Waals surface area contributed by atoms with E-state index >= 15 is 0 Å². The fraction of sp³-hybridized carbons (Fsp3) is 0.353. The molecule has 0 saturated carbocycles. The SMILES string of the molecule is O=C(O)c1cscc1-c1ccc(OCC2CCCCO2)cc1. The highest BCUT2D eigenvalue weighted by atomic mass is 32.1. The molecule has 1 aliphatic heterocycles. The zero-order chi connectivity index (χ0) is 15.4. The van der Waals surface area contributed by atoms with Gasteiger partial charge in [-0.3, -0.25) is 0 Å². The van der Waals surface area contributed by atoms with E-state index in [9.17, 15) is 4.79 Å². The van der Waals surface area contributed by atoms with Gasteiger partial charge in [-0.25, -0.2) is 4.79 Å². The topological polar surface area (TPSA) is 55.8 Å². The van der Waals surface area contributed by atoms with Gasteiger partial charge in [-0.1, -0.05) is 12.1 Å². The van der Waals surface area contributed by atoms with Crippen LogP contribution >= 0.6 is 11.3 Å². The second kappa shape index (κ2) is 6.94. The molecule has 0 aliphatic carbocycles. The van der Waals surface area contributed by atoms with Crippen molar-refractivity contribution >= 4 is 17.3 Å². The number of hydrogen-bond donors (Lipinski definition) is 1. The van der Waals surface area contributed by atoms with Gasteiger partial charge < -0.3 is 14.6 Å². The van der Waals surface area contributed by atoms with Crippen LogP contribution in [0.1, 0.15) is 29.6 Å². The van der Waals surface area contributed by atoms with Crippen LogP contribution in [-0.4, -0.2) is 30.4 Å². The quantitative estimate of drug-likeness (QED) is 0.903. The molecule has 1 saturated heterocycles. The Morgan fingerprint density at radius 1 is 1.27 bits per heavy atom. The van der Waals surface area contributed by atoms with Gasteiger partial charge in [0, 0.05) is 17.6 Å². The first kappa shape index (κ1) is 15.1. The van der Waals surface area contributed by atoms with Crippen LogP contribution in [0.25, 0.3) is 11.1 Å². The van der Waals surface area contributed by atoms with Crippen molar-refractivity contribution in [2.75, 3.05) is 13.2 Å². The van der Waals surface area contributed by atoms with E-state index < -0.39 is 5.97 Å². The molecule has 0 amide bonds. The van der Waals surface area contributed by atoms with Crippen LogP contribution in [0.15, 0.2) is 35.0 Å². The average Bonchev–Trinajstić information content (AvgIpc) is 3.04. The predicted molar refractivity (Wildman–Crippen MR) is 85.8 cm³/mol. The van der Waals surface area contributed by atoms with E-state index in [0.717, 1.165) is 36.3 Å². The zero-order valence-electron chi connectivity index (χ0n) is 12.2. The average molecular weight is 318 g/mol. The van der Waals surface area contributed by atoms with Gasteiger partial charge in [0.25, 0.3) is 0 Å². The van der Waals surface area contributed by atoms with E-state index in [0.29, 0.717) is 12.2 Å². The first-order valence-corrected chi connectivity index (χ1v) is 8.32. The second-order valence-electron chi connectivity index (χ2n) is 5.33. The molecule has 3 rings (SSSR count). The van der Waals surface area contributed by atoms with Crippen molar-refractivity contribution in [2.24, 2.45) is 0 Å². The number of aromatic carboxylic acids is 1. The maximum absolute atomic E-state index is 11.2. The third kappa shape index (κ3) is 3.48. The van der Waals surface area contributed by atoms with Crippen LogP contribution in [0.2, 0.25) is 0 Å². The molecule has 1 unspecified atom stereocenters. The number of carbonyl (C=O) groups is 1. The molecule has 1 atom stereocenters. The Morgan fingerprint density at radius 3 is 2.77 bits per heavy atom. The summed E-state index contributed by atoms with van der Waals surface area (Å²) in [7, 11) is 0. The minimum atomic E-state index is -0.897. The summed E-state index contributed by atoms with van der Waals surface area (Å²) in [6.45, 7) is 1.39. The van der Waals surface area contributed by atoms with Gasteiger partial charge in [-0.15, -0.1) is 0 Å². The molecule has 2 aromatic rings. The van der Waals surface area contributed by atoms with Crippen LogP contribution in [-0.2, 0) is 4.74 Å². The fourth-order valence-corrected chi connectivity index (χ4v) is 3.38. The van der Waals surface area contributed by atoms with Crippen LogP contribution < -0.4 is 4.74 Å². The molecule has 1 fully saturated rings. The fourth-order valence-electron chi connectivity index (χ4n) is 2.54. The van der Waals surface area contributed by atoms with Gasteiger partial charge in [0.2, 0.25) is 0 Å². The maximum Gasteiger partial charge on any atom is 0.337 e. The summed E-state index contributed by atoms with van der Waals surface area (Å²) in [6, 6.07) is 7.54. The second-order valence-corrected chi connectivity index (χ2v) is 6.07. The minimum absolute atomic E-state index is 0.184. The van der Waals surface area contributed by atoms with Gasteiger partial charge in [-0.2, -0.15) is 11.3 Å². The van der Waals surface area contributed by atoms with Gasteiger partial charge >= 0.3 is 5.97 Å². The normalized spacial score (nSPS) is 18.1. The summed E-state index contributed by atoms with van der Waals surface area (Å²) in [5, 5.41) is 12.7. The highest BCUT2D eigenvalue weighted by Gasteiger charge is 2.15. The first-order chi connectivity index (χ1) is 10.7. The van der Waals surface area contributed by atoms with Crippen molar-refractivity contribution in [3.8, 4) is 16.9 Å². The van der Waals surface area contributed by atoms with E-state index in [1.165, 1.54) is 17.8 Å². The van der Waals surface area contributed by atoms with E-state index in [4.69, 9.17) is 14.6 Å². The Hall–Kier alpha value is -1.85. The lowest BCUT2D eigenvalue weighted by Gasteiger charge is -2.22. The van der Waals surface area contributed by atoms with Crippen molar-refractivity contribution in [3.05, 3.63) is 40.6 Å². The van der Waals surface area contributed by atoms with Crippen molar-refractivity contribution in [2.45, 2.75) is 25.4 Å². The van der Waals surface area contributed by atoms with Crippen molar-refractivity contribution < 1.29 is 19.4 Å². The Morgan fingerprint density at radius 2 is 2.09 bits per heavy atom. The molecule has 1 aromatic heterocycles. The van der Waals surface area contributed by atoms with E-state index in [-0.39, 0.29) is 6.10 Å². The largest absolute Gasteiger partial charge is 0.491 e. The third-order valence-electron chi connectivity index (χ3n) is 3.77. The Kier molecular flexibility index (Phi) is 4.75. The zero-order valence-corrected chi connectivity index (χ0v) is 13.0. The number of rotatable bonds is 5. The maximum atomic E-state index is 11.2. The highest BCUT2D eigenvalue weighted by molar-refractivity contribution is 7.08. The highest BCUT2D eigenvalue weighted by Crippen LogP contribution is 2.29. The lowest BCUT2D eigenvalue weighted by atomic mass is 10.0. The molecule has 0 bridgehead atoms. The molecule has 1 aromatic carbocycles. The van der Waals surface area contributed by atoms with Crippen LogP contribution in [0.5, 0.6) is 5.75 Å². The molecular formula is C17H18O4S. The lowest BCUT2D eigenvalue weighted by molar-refractivity contribution is -0.0110. The van der Waals surface area contributed by atoms with Gasteiger partial charge in [0.1, 0.15) is 12.4 Å². The molecular weight excluding hydrogens is 300 g/mol. The molecule has 22 heavy (non-hydrogen) atoms. The van der Waals surface area contributed by atoms with Gasteiger partial charge in [0.15, 0.2) is 0 Å². The summed E-state index contributed by atoms with van der Waals surface area (Å²) < 4.78 is 11.4. The Labute approximate surface area is 133 Å². The number of carboxylic acid groups (broad SMARTS) is 1. The van der Waals surface area contributed by atoms with E-state index in [1.54, 1.807) is 5.38 Å². The van der Waals surface area contributed by atoms with Crippen molar-refractivity contribution in [1.29, 1.82) is 0 Å². The summed E-state index contributed by atoms with van der Waals surface area (Å²) >= 11 is 1.39. The number of ether oxygens (including phenoxy) is 2. The van der Waals surface area contributed by atoms with Crippen molar-refractivity contribution in [3.63, 3.8) is 0 Å². The summed E-state index contributed by atoms with van der Waals surface area (Å²) in [5.74, 6) is -0.115. The smallest absolute Gasteiger partial charge is 0.337 e. The monoisotopic (exact) mass is 318 g/mol. The number of thiophene rings is 1. The predicted octanol–water partition coefficient (Wildman–Crippen LogP) is 4.06. The standard InChI is InChI=1S/C17H18O4S/c18-17(19)16-11-22-10-15(16)12-4-6-13(7-5-12)21-9-14-3-1-2-8-20-14/h4-7,10-11,14H,1-3,8-9H2,(H,18,19). The Bertz CT molecular complexity index is 626. The molecule has 0 radical (unpaired) electrons.